The lowest BCUT2D eigenvalue weighted by molar-refractivity contribution is 0.0749. The molecular formula is C19H25ClN4O2. The van der Waals surface area contributed by atoms with Crippen molar-refractivity contribution in [3.8, 4) is 5.75 Å². The van der Waals surface area contributed by atoms with E-state index < -0.39 is 0 Å². The molecule has 0 aliphatic heterocycles. The molecule has 0 saturated carbocycles. The van der Waals surface area contributed by atoms with Gasteiger partial charge in [-0.15, -0.1) is 0 Å². The molecule has 1 N–H and O–H groups in total. The van der Waals surface area contributed by atoms with E-state index in [2.05, 4.69) is 29.1 Å². The van der Waals surface area contributed by atoms with E-state index in [0.29, 0.717) is 41.2 Å². The van der Waals surface area contributed by atoms with Crippen LogP contribution in [0.4, 0.5) is 11.6 Å². The van der Waals surface area contributed by atoms with Crippen molar-refractivity contribution in [1.82, 2.24) is 14.9 Å². The van der Waals surface area contributed by atoms with E-state index in [0.717, 1.165) is 18.4 Å². The Labute approximate surface area is 159 Å². The standard InChI is InChI=1S/C19H25ClN4O2/c1-5-9-24(10-6-2)18(25)15-7-8-21-19(22-15)23-16-11-13(3)14(20)12-17(16)26-4/h7-8,11-12H,5-6,9-10H2,1-4H3,(H,21,22,23). The fourth-order valence-electron chi connectivity index (χ4n) is 2.61. The van der Waals surface area contributed by atoms with Gasteiger partial charge in [-0.3, -0.25) is 4.79 Å². The second-order valence-electron chi connectivity index (χ2n) is 5.98. The van der Waals surface area contributed by atoms with Gasteiger partial charge >= 0.3 is 0 Å². The van der Waals surface area contributed by atoms with Crippen molar-refractivity contribution in [2.75, 3.05) is 25.5 Å². The minimum Gasteiger partial charge on any atom is -0.495 e. The molecule has 2 aromatic rings. The summed E-state index contributed by atoms with van der Waals surface area (Å²) in [5.74, 6) is 0.835. The van der Waals surface area contributed by atoms with Crippen molar-refractivity contribution < 1.29 is 9.53 Å². The highest BCUT2D eigenvalue weighted by atomic mass is 35.5. The van der Waals surface area contributed by atoms with Gasteiger partial charge in [0.05, 0.1) is 12.8 Å². The Balaban J connectivity index is 2.27. The number of aromatic nitrogens is 2. The van der Waals surface area contributed by atoms with Crippen LogP contribution >= 0.6 is 11.6 Å². The van der Waals surface area contributed by atoms with E-state index in [1.54, 1.807) is 25.4 Å². The van der Waals surface area contributed by atoms with Crippen LogP contribution in [0, 0.1) is 6.92 Å². The third kappa shape index (κ3) is 4.85. The maximum Gasteiger partial charge on any atom is 0.272 e. The summed E-state index contributed by atoms with van der Waals surface area (Å²) in [6.07, 6.45) is 3.39. The Hall–Kier alpha value is -2.34. The lowest BCUT2D eigenvalue weighted by atomic mass is 10.2. The van der Waals surface area contributed by atoms with Crippen LogP contribution in [0.5, 0.6) is 5.75 Å². The number of halogens is 1. The van der Waals surface area contributed by atoms with Gasteiger partial charge in [-0.2, -0.15) is 0 Å². The topological polar surface area (TPSA) is 67.4 Å². The minimum atomic E-state index is -0.0848. The summed E-state index contributed by atoms with van der Waals surface area (Å²) >= 11 is 6.14. The summed E-state index contributed by atoms with van der Waals surface area (Å²) in [5.41, 5.74) is 1.96. The second-order valence-corrected chi connectivity index (χ2v) is 6.39. The highest BCUT2D eigenvalue weighted by Gasteiger charge is 2.17. The normalized spacial score (nSPS) is 10.5. The van der Waals surface area contributed by atoms with Crippen molar-refractivity contribution in [1.29, 1.82) is 0 Å². The number of methoxy groups -OCH3 is 1. The average Bonchev–Trinajstić information content (AvgIpc) is 2.64. The smallest absolute Gasteiger partial charge is 0.272 e. The van der Waals surface area contributed by atoms with Crippen molar-refractivity contribution >= 4 is 29.1 Å². The molecule has 0 spiro atoms. The van der Waals surface area contributed by atoms with E-state index in [1.807, 2.05) is 17.9 Å². The Morgan fingerprint density at radius 1 is 1.27 bits per heavy atom. The van der Waals surface area contributed by atoms with Crippen LogP contribution in [0.2, 0.25) is 5.02 Å². The second kappa shape index (κ2) is 9.38. The predicted molar refractivity (Wildman–Crippen MR) is 105 cm³/mol. The molecule has 6 nitrogen and oxygen atoms in total. The zero-order valence-electron chi connectivity index (χ0n) is 15.7. The highest BCUT2D eigenvalue weighted by molar-refractivity contribution is 6.31. The van der Waals surface area contributed by atoms with Gasteiger partial charge in [-0.25, -0.2) is 9.97 Å². The molecule has 0 bridgehead atoms. The lowest BCUT2D eigenvalue weighted by Crippen LogP contribution is -2.33. The van der Waals surface area contributed by atoms with Gasteiger partial charge < -0.3 is 15.0 Å². The number of ether oxygens (including phenoxy) is 1. The largest absolute Gasteiger partial charge is 0.495 e. The number of anilines is 2. The molecule has 140 valence electrons. The Morgan fingerprint density at radius 2 is 1.96 bits per heavy atom. The molecule has 7 heteroatoms. The number of benzene rings is 1. The third-order valence-electron chi connectivity index (χ3n) is 3.88. The van der Waals surface area contributed by atoms with E-state index in [4.69, 9.17) is 16.3 Å². The zero-order chi connectivity index (χ0) is 19.1. The van der Waals surface area contributed by atoms with Crippen LogP contribution in [-0.4, -0.2) is 41.0 Å². The Bertz CT molecular complexity index is 761. The Morgan fingerprint density at radius 3 is 2.58 bits per heavy atom. The van der Waals surface area contributed by atoms with Gasteiger partial charge in [0, 0.05) is 30.4 Å². The summed E-state index contributed by atoms with van der Waals surface area (Å²) in [5, 5.41) is 3.73. The molecule has 0 saturated heterocycles. The van der Waals surface area contributed by atoms with Crippen molar-refractivity contribution in [3.05, 3.63) is 40.7 Å². The van der Waals surface area contributed by atoms with E-state index in [9.17, 15) is 4.79 Å². The number of carbonyl (C=O) groups is 1. The molecule has 0 atom stereocenters. The van der Waals surface area contributed by atoms with Crippen molar-refractivity contribution in [3.63, 3.8) is 0 Å². The molecule has 1 heterocycles. The number of hydrogen-bond donors (Lipinski definition) is 1. The number of nitrogens with zero attached hydrogens (tertiary/aromatic N) is 3. The third-order valence-corrected chi connectivity index (χ3v) is 4.28. The summed E-state index contributed by atoms with van der Waals surface area (Å²) < 4.78 is 5.36. The number of nitrogens with one attached hydrogen (secondary N) is 1. The SMILES string of the molecule is CCCN(CCC)C(=O)c1ccnc(Nc2cc(C)c(Cl)cc2OC)n1. The van der Waals surface area contributed by atoms with Gasteiger partial charge in [0.15, 0.2) is 0 Å². The molecule has 1 aromatic heterocycles. The molecule has 0 aliphatic rings. The Kier molecular flexibility index (Phi) is 7.21. The first-order valence-corrected chi connectivity index (χ1v) is 9.11. The molecule has 2 rings (SSSR count). The maximum absolute atomic E-state index is 12.7. The molecule has 0 fully saturated rings. The quantitative estimate of drug-likeness (QED) is 0.737. The van der Waals surface area contributed by atoms with Crippen LogP contribution in [-0.2, 0) is 0 Å². The molecule has 26 heavy (non-hydrogen) atoms. The minimum absolute atomic E-state index is 0.0848. The van der Waals surface area contributed by atoms with Crippen LogP contribution < -0.4 is 10.1 Å². The number of carbonyl (C=O) groups excluding carboxylic acids is 1. The first kappa shape index (κ1) is 20.0. The van der Waals surface area contributed by atoms with Crippen molar-refractivity contribution in [2.45, 2.75) is 33.6 Å². The summed E-state index contributed by atoms with van der Waals surface area (Å²) in [6.45, 7) is 7.44. The van der Waals surface area contributed by atoms with E-state index >= 15 is 0 Å². The average molecular weight is 377 g/mol. The van der Waals surface area contributed by atoms with Gasteiger partial charge in [-0.05, 0) is 37.5 Å². The molecule has 0 unspecified atom stereocenters. The maximum atomic E-state index is 12.7. The molecule has 0 radical (unpaired) electrons. The van der Waals surface area contributed by atoms with E-state index in [-0.39, 0.29) is 5.91 Å². The summed E-state index contributed by atoms with van der Waals surface area (Å²) in [6, 6.07) is 5.23. The first-order chi connectivity index (χ1) is 12.5. The number of amides is 1. The fraction of sp³-hybridized carbons (Fsp3) is 0.421. The van der Waals surface area contributed by atoms with Crippen LogP contribution in [0.1, 0.15) is 42.7 Å². The van der Waals surface area contributed by atoms with Crippen LogP contribution in [0.15, 0.2) is 24.4 Å². The van der Waals surface area contributed by atoms with Crippen LogP contribution in [0.3, 0.4) is 0 Å². The van der Waals surface area contributed by atoms with Gasteiger partial charge in [0.25, 0.3) is 5.91 Å². The highest BCUT2D eigenvalue weighted by Crippen LogP contribution is 2.32. The predicted octanol–water partition coefficient (Wildman–Crippen LogP) is 4.45. The summed E-state index contributed by atoms with van der Waals surface area (Å²) in [4.78, 5) is 23.1. The van der Waals surface area contributed by atoms with Gasteiger partial charge in [0.2, 0.25) is 5.95 Å². The molecule has 1 amide bonds. The molecular weight excluding hydrogens is 352 g/mol. The van der Waals surface area contributed by atoms with E-state index in [1.165, 1.54) is 0 Å². The van der Waals surface area contributed by atoms with Crippen LogP contribution in [0.25, 0.3) is 0 Å². The lowest BCUT2D eigenvalue weighted by Gasteiger charge is -2.21. The monoisotopic (exact) mass is 376 g/mol. The molecule has 1 aromatic carbocycles. The fourth-order valence-corrected chi connectivity index (χ4v) is 2.76. The number of aryl methyl sites for hydroxylation is 1. The van der Waals surface area contributed by atoms with Gasteiger partial charge in [-0.1, -0.05) is 25.4 Å². The molecule has 0 aliphatic carbocycles. The first-order valence-electron chi connectivity index (χ1n) is 8.73. The number of rotatable bonds is 8. The number of hydrogen-bond acceptors (Lipinski definition) is 5. The summed E-state index contributed by atoms with van der Waals surface area (Å²) in [7, 11) is 1.57. The van der Waals surface area contributed by atoms with Gasteiger partial charge in [0.1, 0.15) is 11.4 Å². The zero-order valence-corrected chi connectivity index (χ0v) is 16.4. The van der Waals surface area contributed by atoms with Crippen molar-refractivity contribution in [2.24, 2.45) is 0 Å².